The fourth-order valence-corrected chi connectivity index (χ4v) is 1.22. The number of hydrogen-bond donors (Lipinski definition) is 2. The van der Waals surface area contributed by atoms with Gasteiger partial charge in [-0.25, -0.2) is 4.39 Å². The zero-order valence-corrected chi connectivity index (χ0v) is 9.47. The molecule has 0 saturated carbocycles. The van der Waals surface area contributed by atoms with Gasteiger partial charge in [0.25, 0.3) is 0 Å². The highest BCUT2D eigenvalue weighted by atomic mass is 19.1. The number of rotatable bonds is 4. The highest BCUT2D eigenvalue weighted by molar-refractivity contribution is 5.45. The SMILES string of the molecule is Cc1ccc(NCCC(C)(C)O)cc1F. The van der Waals surface area contributed by atoms with Crippen LogP contribution in [0.5, 0.6) is 0 Å². The second kappa shape index (κ2) is 4.62. The molecule has 0 heterocycles. The molecule has 0 spiro atoms. The van der Waals surface area contributed by atoms with Gasteiger partial charge in [0.2, 0.25) is 0 Å². The van der Waals surface area contributed by atoms with E-state index in [4.69, 9.17) is 0 Å². The van der Waals surface area contributed by atoms with E-state index in [0.29, 0.717) is 18.5 Å². The van der Waals surface area contributed by atoms with Gasteiger partial charge in [-0.15, -0.1) is 0 Å². The molecule has 1 rings (SSSR count). The van der Waals surface area contributed by atoms with E-state index in [1.807, 2.05) is 6.07 Å². The zero-order valence-electron chi connectivity index (χ0n) is 9.47. The van der Waals surface area contributed by atoms with Gasteiger partial charge in [-0.1, -0.05) is 6.07 Å². The Kier molecular flexibility index (Phi) is 3.69. The Morgan fingerprint density at radius 3 is 2.60 bits per heavy atom. The van der Waals surface area contributed by atoms with Crippen molar-refractivity contribution >= 4 is 5.69 Å². The van der Waals surface area contributed by atoms with Crippen LogP contribution < -0.4 is 5.32 Å². The molecule has 0 atom stereocenters. The third-order valence-corrected chi connectivity index (χ3v) is 2.24. The average Bonchev–Trinajstić information content (AvgIpc) is 2.09. The van der Waals surface area contributed by atoms with Crippen LogP contribution in [0.3, 0.4) is 0 Å². The smallest absolute Gasteiger partial charge is 0.128 e. The predicted octanol–water partition coefficient (Wildman–Crippen LogP) is 2.71. The molecule has 2 N–H and O–H groups in total. The summed E-state index contributed by atoms with van der Waals surface area (Å²) in [7, 11) is 0. The van der Waals surface area contributed by atoms with Crippen LogP contribution >= 0.6 is 0 Å². The Morgan fingerprint density at radius 1 is 1.40 bits per heavy atom. The number of hydrogen-bond acceptors (Lipinski definition) is 2. The molecule has 3 heteroatoms. The van der Waals surface area contributed by atoms with Crippen LogP contribution in [-0.4, -0.2) is 17.3 Å². The van der Waals surface area contributed by atoms with Gasteiger partial charge in [-0.05, 0) is 44.9 Å². The van der Waals surface area contributed by atoms with E-state index in [1.165, 1.54) is 6.07 Å². The van der Waals surface area contributed by atoms with Crippen molar-refractivity contribution in [3.8, 4) is 0 Å². The van der Waals surface area contributed by atoms with E-state index in [0.717, 1.165) is 5.69 Å². The van der Waals surface area contributed by atoms with Crippen LogP contribution in [0.4, 0.5) is 10.1 Å². The molecular weight excluding hydrogens is 193 g/mol. The summed E-state index contributed by atoms with van der Waals surface area (Å²) in [6.45, 7) is 5.87. The minimum absolute atomic E-state index is 0.205. The molecule has 0 aliphatic heterocycles. The van der Waals surface area contributed by atoms with E-state index < -0.39 is 5.60 Å². The number of aryl methyl sites for hydroxylation is 1. The third kappa shape index (κ3) is 4.30. The molecule has 0 unspecified atom stereocenters. The normalized spacial score (nSPS) is 11.5. The molecule has 0 aliphatic rings. The molecule has 1 aromatic carbocycles. The molecule has 0 fully saturated rings. The van der Waals surface area contributed by atoms with E-state index in [2.05, 4.69) is 5.32 Å². The minimum atomic E-state index is -0.684. The van der Waals surface area contributed by atoms with Crippen molar-refractivity contribution in [2.24, 2.45) is 0 Å². The van der Waals surface area contributed by atoms with E-state index in [9.17, 15) is 9.50 Å². The van der Waals surface area contributed by atoms with Gasteiger partial charge in [-0.2, -0.15) is 0 Å². The first-order chi connectivity index (χ1) is 6.88. The Hall–Kier alpha value is -1.09. The van der Waals surface area contributed by atoms with Crippen LogP contribution in [0.15, 0.2) is 18.2 Å². The summed E-state index contributed by atoms with van der Waals surface area (Å²) < 4.78 is 13.2. The molecular formula is C12H18FNO. The molecule has 0 saturated heterocycles. The lowest BCUT2D eigenvalue weighted by Gasteiger charge is -2.17. The standard InChI is InChI=1S/C12H18FNO/c1-9-4-5-10(8-11(9)13)14-7-6-12(2,3)15/h4-5,8,14-15H,6-7H2,1-3H3. The van der Waals surface area contributed by atoms with Crippen molar-refractivity contribution in [2.45, 2.75) is 32.8 Å². The topological polar surface area (TPSA) is 32.3 Å². The third-order valence-electron chi connectivity index (χ3n) is 2.24. The summed E-state index contributed by atoms with van der Waals surface area (Å²) in [6.07, 6.45) is 0.627. The lowest BCUT2D eigenvalue weighted by Crippen LogP contribution is -2.22. The molecule has 15 heavy (non-hydrogen) atoms. The first-order valence-electron chi connectivity index (χ1n) is 5.11. The van der Waals surface area contributed by atoms with Crippen LogP contribution in [0.25, 0.3) is 0 Å². The highest BCUT2D eigenvalue weighted by Gasteiger charge is 2.11. The minimum Gasteiger partial charge on any atom is -0.390 e. The van der Waals surface area contributed by atoms with Gasteiger partial charge in [0, 0.05) is 12.2 Å². The zero-order chi connectivity index (χ0) is 11.5. The summed E-state index contributed by atoms with van der Waals surface area (Å²) in [6, 6.07) is 5.05. The number of halogens is 1. The largest absolute Gasteiger partial charge is 0.390 e. The lowest BCUT2D eigenvalue weighted by molar-refractivity contribution is 0.0749. The van der Waals surface area contributed by atoms with Crippen LogP contribution in [0.1, 0.15) is 25.8 Å². The Morgan fingerprint density at radius 2 is 2.07 bits per heavy atom. The van der Waals surface area contributed by atoms with Gasteiger partial charge in [-0.3, -0.25) is 0 Å². The molecule has 0 bridgehead atoms. The maximum absolute atomic E-state index is 13.2. The van der Waals surface area contributed by atoms with Crippen molar-refractivity contribution in [1.82, 2.24) is 0 Å². The van der Waals surface area contributed by atoms with Gasteiger partial charge >= 0.3 is 0 Å². The Labute approximate surface area is 90.1 Å². The van der Waals surface area contributed by atoms with Crippen molar-refractivity contribution in [3.05, 3.63) is 29.6 Å². The molecule has 0 aromatic heterocycles. The first-order valence-corrected chi connectivity index (χ1v) is 5.11. The van der Waals surface area contributed by atoms with E-state index in [1.54, 1.807) is 26.8 Å². The van der Waals surface area contributed by atoms with Crippen molar-refractivity contribution in [2.75, 3.05) is 11.9 Å². The fraction of sp³-hybridized carbons (Fsp3) is 0.500. The fourth-order valence-electron chi connectivity index (χ4n) is 1.22. The highest BCUT2D eigenvalue weighted by Crippen LogP contribution is 2.14. The molecule has 1 aromatic rings. The molecule has 2 nitrogen and oxygen atoms in total. The van der Waals surface area contributed by atoms with Crippen molar-refractivity contribution in [1.29, 1.82) is 0 Å². The summed E-state index contributed by atoms with van der Waals surface area (Å²) in [4.78, 5) is 0. The molecule has 0 radical (unpaired) electrons. The van der Waals surface area contributed by atoms with Crippen molar-refractivity contribution < 1.29 is 9.50 Å². The average molecular weight is 211 g/mol. The van der Waals surface area contributed by atoms with Gasteiger partial charge < -0.3 is 10.4 Å². The summed E-state index contributed by atoms with van der Waals surface area (Å²) in [5, 5.41) is 12.5. The summed E-state index contributed by atoms with van der Waals surface area (Å²) in [5.74, 6) is -0.205. The van der Waals surface area contributed by atoms with E-state index in [-0.39, 0.29) is 5.82 Å². The predicted molar refractivity (Wildman–Crippen MR) is 60.5 cm³/mol. The van der Waals surface area contributed by atoms with Crippen LogP contribution in [-0.2, 0) is 0 Å². The van der Waals surface area contributed by atoms with Crippen LogP contribution in [0.2, 0.25) is 0 Å². The van der Waals surface area contributed by atoms with E-state index >= 15 is 0 Å². The number of anilines is 1. The maximum Gasteiger partial charge on any atom is 0.128 e. The monoisotopic (exact) mass is 211 g/mol. The molecule has 84 valence electrons. The molecule has 0 aliphatic carbocycles. The van der Waals surface area contributed by atoms with Crippen LogP contribution in [0, 0.1) is 12.7 Å². The van der Waals surface area contributed by atoms with Gasteiger partial charge in [0.05, 0.1) is 5.60 Å². The van der Waals surface area contributed by atoms with Gasteiger partial charge in [0.1, 0.15) is 5.82 Å². The maximum atomic E-state index is 13.2. The van der Waals surface area contributed by atoms with Gasteiger partial charge in [0.15, 0.2) is 0 Å². The summed E-state index contributed by atoms with van der Waals surface area (Å²) >= 11 is 0. The number of aliphatic hydroxyl groups is 1. The Bertz CT molecular complexity index is 331. The number of nitrogens with one attached hydrogen (secondary N) is 1. The number of benzene rings is 1. The summed E-state index contributed by atoms with van der Waals surface area (Å²) in [5.41, 5.74) is 0.710. The van der Waals surface area contributed by atoms with Crippen molar-refractivity contribution in [3.63, 3.8) is 0 Å². The molecule has 0 amide bonds. The Balaban J connectivity index is 2.48. The second-order valence-electron chi connectivity index (χ2n) is 4.45. The first kappa shape index (κ1) is 12.0. The quantitative estimate of drug-likeness (QED) is 0.802. The lowest BCUT2D eigenvalue weighted by atomic mass is 10.1. The second-order valence-corrected chi connectivity index (χ2v) is 4.45.